The Bertz CT molecular complexity index is 1070. The molecule has 1 atom stereocenters. The van der Waals surface area contributed by atoms with Gasteiger partial charge in [0, 0.05) is 6.42 Å². The summed E-state index contributed by atoms with van der Waals surface area (Å²) in [6, 6.07) is 15.8. The Morgan fingerprint density at radius 3 is 2.60 bits per heavy atom. The Labute approximate surface area is 179 Å². The van der Waals surface area contributed by atoms with Crippen molar-refractivity contribution in [2.24, 2.45) is 5.16 Å². The Morgan fingerprint density at radius 1 is 1.20 bits per heavy atom. The lowest BCUT2D eigenvalue weighted by molar-refractivity contribution is -0.115. The third-order valence-corrected chi connectivity index (χ3v) is 6.34. The summed E-state index contributed by atoms with van der Waals surface area (Å²) in [5, 5.41) is 16.5. The number of fused-ring (bicyclic) bond motifs is 1. The molecular weight excluding hydrogens is 398 g/mol. The van der Waals surface area contributed by atoms with Gasteiger partial charge in [0.2, 0.25) is 5.91 Å². The van der Waals surface area contributed by atoms with Gasteiger partial charge in [0.15, 0.2) is 5.13 Å². The zero-order chi connectivity index (χ0) is 21.1. The Balaban J connectivity index is 1.49. The van der Waals surface area contributed by atoms with Gasteiger partial charge in [-0.2, -0.15) is 0 Å². The normalized spacial score (nSPS) is 16.9. The van der Waals surface area contributed by atoms with Gasteiger partial charge in [0.05, 0.1) is 29.8 Å². The van der Waals surface area contributed by atoms with Crippen LogP contribution in [-0.2, 0) is 17.6 Å². The largest absolute Gasteiger partial charge is 0.497 e. The molecule has 1 aliphatic rings. The van der Waals surface area contributed by atoms with Crippen molar-refractivity contribution in [3.63, 3.8) is 0 Å². The van der Waals surface area contributed by atoms with Crippen LogP contribution in [0.2, 0.25) is 0 Å². The molecule has 3 aromatic rings. The lowest BCUT2D eigenvalue weighted by atomic mass is 9.84. The molecule has 1 aliphatic carbocycles. The number of hydrogen-bond acceptors (Lipinski definition) is 6. The molecule has 1 amide bonds. The molecule has 0 aliphatic heterocycles. The van der Waals surface area contributed by atoms with E-state index < -0.39 is 0 Å². The molecule has 4 rings (SSSR count). The monoisotopic (exact) mass is 421 g/mol. The van der Waals surface area contributed by atoms with Crippen LogP contribution in [0.3, 0.4) is 0 Å². The second-order valence-electron chi connectivity index (χ2n) is 7.43. The van der Waals surface area contributed by atoms with Crippen molar-refractivity contribution in [2.45, 2.75) is 32.1 Å². The average molecular weight is 422 g/mol. The lowest BCUT2D eigenvalue weighted by Gasteiger charge is -2.22. The Hall–Kier alpha value is -3.19. The molecule has 7 heteroatoms. The quantitative estimate of drug-likeness (QED) is 0.468. The van der Waals surface area contributed by atoms with Crippen LogP contribution in [0.5, 0.6) is 5.75 Å². The van der Waals surface area contributed by atoms with E-state index in [2.05, 4.69) is 15.5 Å². The summed E-state index contributed by atoms with van der Waals surface area (Å²) in [6.45, 7) is 2.02. The molecule has 0 radical (unpaired) electrons. The SMILES string of the molecule is COc1ccc(C2CC(=NO)c3sc(NC(=O)Cc4ccc(C)cc4)nc3C2)cc1. The van der Waals surface area contributed by atoms with Crippen molar-refractivity contribution in [1.29, 1.82) is 0 Å². The van der Waals surface area contributed by atoms with E-state index in [-0.39, 0.29) is 11.8 Å². The highest BCUT2D eigenvalue weighted by Gasteiger charge is 2.29. The topological polar surface area (TPSA) is 83.8 Å². The minimum Gasteiger partial charge on any atom is -0.497 e. The van der Waals surface area contributed by atoms with E-state index in [1.807, 2.05) is 55.5 Å². The summed E-state index contributed by atoms with van der Waals surface area (Å²) in [4.78, 5) is 17.9. The van der Waals surface area contributed by atoms with E-state index in [4.69, 9.17) is 4.74 Å². The Morgan fingerprint density at radius 2 is 1.93 bits per heavy atom. The minimum absolute atomic E-state index is 0.112. The van der Waals surface area contributed by atoms with Crippen LogP contribution in [-0.4, -0.2) is 28.9 Å². The Kier molecular flexibility index (Phi) is 5.81. The number of ether oxygens (including phenoxy) is 1. The molecule has 2 N–H and O–H groups in total. The van der Waals surface area contributed by atoms with Crippen molar-refractivity contribution >= 4 is 28.1 Å². The standard InChI is InChI=1S/C23H23N3O3S/c1-14-3-5-15(6-4-14)11-21(27)25-23-24-19-12-17(13-20(26-28)22(19)30-23)16-7-9-18(29-2)10-8-16/h3-10,17,28H,11-13H2,1-2H3,(H,24,25,27). The van der Waals surface area contributed by atoms with Gasteiger partial charge in [-0.3, -0.25) is 4.79 Å². The van der Waals surface area contributed by atoms with Gasteiger partial charge in [0.25, 0.3) is 0 Å². The molecular formula is C23H23N3O3S. The molecule has 2 aromatic carbocycles. The number of rotatable bonds is 5. The third-order valence-electron chi connectivity index (χ3n) is 5.28. The van der Waals surface area contributed by atoms with E-state index in [1.54, 1.807) is 7.11 Å². The van der Waals surface area contributed by atoms with Crippen molar-refractivity contribution in [2.75, 3.05) is 12.4 Å². The number of oxime groups is 1. The first-order valence-electron chi connectivity index (χ1n) is 9.76. The number of amides is 1. The van der Waals surface area contributed by atoms with Crippen LogP contribution in [0.15, 0.2) is 53.7 Å². The number of methoxy groups -OCH3 is 1. The van der Waals surface area contributed by atoms with Crippen LogP contribution in [0.1, 0.15) is 39.6 Å². The van der Waals surface area contributed by atoms with Gasteiger partial charge in [-0.15, -0.1) is 0 Å². The third kappa shape index (κ3) is 4.36. The van der Waals surface area contributed by atoms with Gasteiger partial charge >= 0.3 is 0 Å². The first kappa shape index (κ1) is 20.1. The van der Waals surface area contributed by atoms with Crippen molar-refractivity contribution in [1.82, 2.24) is 4.98 Å². The zero-order valence-electron chi connectivity index (χ0n) is 16.9. The number of nitrogens with zero attached hydrogens (tertiary/aromatic N) is 2. The predicted octanol–water partition coefficient (Wildman–Crippen LogP) is 4.55. The molecule has 0 spiro atoms. The lowest BCUT2D eigenvalue weighted by Crippen LogP contribution is -2.18. The van der Waals surface area contributed by atoms with Gasteiger partial charge in [-0.1, -0.05) is 58.5 Å². The number of anilines is 1. The van der Waals surface area contributed by atoms with E-state index in [1.165, 1.54) is 11.3 Å². The number of benzene rings is 2. The van der Waals surface area contributed by atoms with Gasteiger partial charge in [0.1, 0.15) is 5.75 Å². The minimum atomic E-state index is -0.112. The van der Waals surface area contributed by atoms with Crippen molar-refractivity contribution < 1.29 is 14.7 Å². The maximum absolute atomic E-state index is 12.4. The molecule has 1 aromatic heterocycles. The van der Waals surface area contributed by atoms with Crippen molar-refractivity contribution in [3.8, 4) is 5.75 Å². The summed E-state index contributed by atoms with van der Waals surface area (Å²) >= 11 is 1.36. The predicted molar refractivity (Wildman–Crippen MR) is 118 cm³/mol. The molecule has 0 saturated heterocycles. The number of aromatic nitrogens is 1. The highest BCUT2D eigenvalue weighted by Crippen LogP contribution is 2.37. The van der Waals surface area contributed by atoms with Crippen LogP contribution < -0.4 is 10.1 Å². The zero-order valence-corrected chi connectivity index (χ0v) is 17.7. The number of thiazole rings is 1. The number of aryl methyl sites for hydroxylation is 1. The highest BCUT2D eigenvalue weighted by atomic mass is 32.1. The van der Waals surface area contributed by atoms with Crippen LogP contribution >= 0.6 is 11.3 Å². The van der Waals surface area contributed by atoms with Crippen LogP contribution in [0.25, 0.3) is 0 Å². The second-order valence-corrected chi connectivity index (χ2v) is 8.43. The van der Waals surface area contributed by atoms with Gasteiger partial charge < -0.3 is 15.3 Å². The molecule has 154 valence electrons. The maximum Gasteiger partial charge on any atom is 0.230 e. The molecule has 0 saturated carbocycles. The fourth-order valence-corrected chi connectivity index (χ4v) is 4.66. The number of hydrogen-bond donors (Lipinski definition) is 2. The highest BCUT2D eigenvalue weighted by molar-refractivity contribution is 7.17. The van der Waals surface area contributed by atoms with Gasteiger partial charge in [-0.05, 0) is 42.5 Å². The fraction of sp³-hybridized carbons (Fsp3) is 0.261. The first-order valence-corrected chi connectivity index (χ1v) is 10.6. The summed E-state index contributed by atoms with van der Waals surface area (Å²) in [6.07, 6.45) is 1.64. The van der Waals surface area contributed by atoms with Crippen LogP contribution in [0.4, 0.5) is 5.13 Å². The second kappa shape index (κ2) is 8.67. The summed E-state index contributed by atoms with van der Waals surface area (Å²) in [7, 11) is 1.64. The van der Waals surface area contributed by atoms with Gasteiger partial charge in [-0.25, -0.2) is 4.98 Å². The molecule has 0 fully saturated rings. The maximum atomic E-state index is 12.4. The van der Waals surface area contributed by atoms with E-state index in [0.29, 0.717) is 23.7 Å². The molecule has 1 heterocycles. The summed E-state index contributed by atoms with van der Waals surface area (Å²) in [5.74, 6) is 0.852. The summed E-state index contributed by atoms with van der Waals surface area (Å²) < 4.78 is 5.23. The fourth-order valence-electron chi connectivity index (χ4n) is 3.65. The summed E-state index contributed by atoms with van der Waals surface area (Å²) in [5.41, 5.74) is 4.71. The number of carbonyl (C=O) groups excluding carboxylic acids is 1. The molecule has 1 unspecified atom stereocenters. The van der Waals surface area contributed by atoms with Crippen LogP contribution in [0, 0.1) is 6.92 Å². The molecule has 6 nitrogen and oxygen atoms in total. The number of carbonyl (C=O) groups is 1. The first-order chi connectivity index (χ1) is 14.6. The average Bonchev–Trinajstić information content (AvgIpc) is 3.16. The molecule has 30 heavy (non-hydrogen) atoms. The van der Waals surface area contributed by atoms with Crippen molar-refractivity contribution in [3.05, 3.63) is 75.8 Å². The van der Waals surface area contributed by atoms with E-state index >= 15 is 0 Å². The van der Waals surface area contributed by atoms with E-state index in [0.717, 1.165) is 39.4 Å². The smallest absolute Gasteiger partial charge is 0.230 e. The number of nitrogens with one attached hydrogen (secondary N) is 1. The molecule has 0 bridgehead atoms. The van der Waals surface area contributed by atoms with E-state index in [9.17, 15) is 10.0 Å².